The number of thiophene rings is 1. The van der Waals surface area contributed by atoms with E-state index in [2.05, 4.69) is 60.5 Å². The molecule has 1 aromatic carbocycles. The molecule has 0 aliphatic heterocycles. The van der Waals surface area contributed by atoms with Gasteiger partial charge < -0.3 is 5.32 Å². The molecular formula is C18H20N2S. The van der Waals surface area contributed by atoms with Crippen LogP contribution in [0.2, 0.25) is 0 Å². The Kier molecular flexibility index (Phi) is 4.32. The maximum Gasteiger partial charge on any atom is 0.0746 e. The van der Waals surface area contributed by atoms with Crippen LogP contribution in [0.15, 0.2) is 48.7 Å². The highest BCUT2D eigenvalue weighted by Gasteiger charge is 2.07. The lowest BCUT2D eigenvalue weighted by molar-refractivity contribution is 0.550. The lowest BCUT2D eigenvalue weighted by Crippen LogP contribution is -2.27. The number of aromatic nitrogens is 1. The Morgan fingerprint density at radius 1 is 1.14 bits per heavy atom. The van der Waals surface area contributed by atoms with Crippen LogP contribution in [-0.2, 0) is 13.0 Å². The van der Waals surface area contributed by atoms with Gasteiger partial charge in [-0.1, -0.05) is 24.3 Å². The molecule has 1 unspecified atom stereocenters. The van der Waals surface area contributed by atoms with E-state index in [4.69, 9.17) is 0 Å². The fourth-order valence-electron chi connectivity index (χ4n) is 2.56. The average Bonchev–Trinajstić information content (AvgIpc) is 2.90. The van der Waals surface area contributed by atoms with E-state index in [9.17, 15) is 0 Å². The molecule has 3 aromatic rings. The van der Waals surface area contributed by atoms with E-state index in [0.29, 0.717) is 6.04 Å². The third kappa shape index (κ3) is 3.49. The normalized spacial score (nSPS) is 12.7. The van der Waals surface area contributed by atoms with Crippen molar-refractivity contribution < 1.29 is 0 Å². The fraction of sp³-hybridized carbons (Fsp3) is 0.278. The zero-order valence-corrected chi connectivity index (χ0v) is 13.3. The van der Waals surface area contributed by atoms with Crippen LogP contribution in [0.3, 0.4) is 0 Å². The molecule has 0 fully saturated rings. The Hall–Kier alpha value is -1.71. The second-order valence-electron chi connectivity index (χ2n) is 5.49. The molecular weight excluding hydrogens is 276 g/mol. The van der Waals surface area contributed by atoms with Gasteiger partial charge in [0.1, 0.15) is 0 Å². The minimum absolute atomic E-state index is 0.460. The van der Waals surface area contributed by atoms with Crippen molar-refractivity contribution in [3.8, 4) is 0 Å². The van der Waals surface area contributed by atoms with E-state index in [1.54, 1.807) is 0 Å². The molecule has 0 saturated heterocycles. The molecule has 0 amide bonds. The van der Waals surface area contributed by atoms with Crippen molar-refractivity contribution in [1.29, 1.82) is 0 Å². The number of para-hydroxylation sites is 1. The van der Waals surface area contributed by atoms with Gasteiger partial charge in [-0.15, -0.1) is 11.3 Å². The highest BCUT2D eigenvalue weighted by molar-refractivity contribution is 7.11. The minimum atomic E-state index is 0.460. The molecule has 3 heteroatoms. The summed E-state index contributed by atoms with van der Waals surface area (Å²) in [5, 5.41) is 4.82. The van der Waals surface area contributed by atoms with Crippen LogP contribution in [0.25, 0.3) is 10.9 Å². The first-order valence-electron chi connectivity index (χ1n) is 7.34. The van der Waals surface area contributed by atoms with Gasteiger partial charge in [-0.3, -0.25) is 4.98 Å². The van der Waals surface area contributed by atoms with Crippen LogP contribution in [0.5, 0.6) is 0 Å². The molecule has 0 radical (unpaired) electrons. The highest BCUT2D eigenvalue weighted by atomic mass is 32.1. The van der Waals surface area contributed by atoms with Gasteiger partial charge in [0.25, 0.3) is 0 Å². The Balaban J connectivity index is 1.66. The summed E-state index contributed by atoms with van der Waals surface area (Å²) in [6.45, 7) is 5.27. The Labute approximate surface area is 129 Å². The smallest absolute Gasteiger partial charge is 0.0746 e. The maximum absolute atomic E-state index is 4.51. The summed E-state index contributed by atoms with van der Waals surface area (Å²) in [6.07, 6.45) is 2.94. The van der Waals surface area contributed by atoms with Gasteiger partial charge in [-0.05, 0) is 44.0 Å². The molecule has 2 heterocycles. The largest absolute Gasteiger partial charge is 0.310 e. The topological polar surface area (TPSA) is 24.9 Å². The summed E-state index contributed by atoms with van der Waals surface area (Å²) >= 11 is 1.89. The molecule has 3 rings (SSSR count). The predicted molar refractivity (Wildman–Crippen MR) is 90.8 cm³/mol. The van der Waals surface area contributed by atoms with Crippen LogP contribution in [-0.4, -0.2) is 11.0 Å². The maximum atomic E-state index is 4.51. The fourth-order valence-corrected chi connectivity index (χ4v) is 3.58. The van der Waals surface area contributed by atoms with E-state index < -0.39 is 0 Å². The van der Waals surface area contributed by atoms with E-state index >= 15 is 0 Å². The molecule has 2 nitrogen and oxygen atoms in total. The van der Waals surface area contributed by atoms with Crippen molar-refractivity contribution in [1.82, 2.24) is 10.3 Å². The van der Waals surface area contributed by atoms with Gasteiger partial charge in [0, 0.05) is 33.9 Å². The molecule has 21 heavy (non-hydrogen) atoms. The molecule has 2 aromatic heterocycles. The van der Waals surface area contributed by atoms with Crippen LogP contribution in [0, 0.1) is 6.92 Å². The van der Waals surface area contributed by atoms with E-state index in [1.165, 1.54) is 20.7 Å². The zero-order valence-electron chi connectivity index (χ0n) is 12.5. The second-order valence-corrected chi connectivity index (χ2v) is 6.86. The Bertz CT molecular complexity index is 727. The molecule has 0 saturated carbocycles. The van der Waals surface area contributed by atoms with Crippen molar-refractivity contribution in [2.24, 2.45) is 0 Å². The number of hydrogen-bond acceptors (Lipinski definition) is 3. The predicted octanol–water partition coefficient (Wildman–Crippen LogP) is 4.33. The second kappa shape index (κ2) is 6.37. The number of fused-ring (bicyclic) bond motifs is 1. The molecule has 0 aliphatic carbocycles. The quantitative estimate of drug-likeness (QED) is 0.758. The standard InChI is InChI=1S/C18H20N2S/c1-13(11-17-9-8-14(2)21-17)20-12-16-6-3-5-15-7-4-10-19-18(15)16/h3-10,13,20H,11-12H2,1-2H3. The first-order valence-corrected chi connectivity index (χ1v) is 8.15. The van der Waals surface area contributed by atoms with Crippen molar-refractivity contribution in [2.45, 2.75) is 32.9 Å². The molecule has 0 bridgehead atoms. The summed E-state index contributed by atoms with van der Waals surface area (Å²) in [5.74, 6) is 0. The first kappa shape index (κ1) is 14.2. The lowest BCUT2D eigenvalue weighted by Gasteiger charge is -2.14. The number of benzene rings is 1. The van der Waals surface area contributed by atoms with Crippen LogP contribution in [0.1, 0.15) is 22.2 Å². The van der Waals surface area contributed by atoms with Crippen LogP contribution in [0.4, 0.5) is 0 Å². The van der Waals surface area contributed by atoms with E-state index in [0.717, 1.165) is 18.5 Å². The van der Waals surface area contributed by atoms with Crippen LogP contribution < -0.4 is 5.32 Å². The number of nitrogens with one attached hydrogen (secondary N) is 1. The van der Waals surface area contributed by atoms with Gasteiger partial charge in [0.15, 0.2) is 0 Å². The molecule has 108 valence electrons. The number of hydrogen-bond donors (Lipinski definition) is 1. The monoisotopic (exact) mass is 296 g/mol. The van der Waals surface area contributed by atoms with E-state index in [1.807, 2.05) is 23.6 Å². The van der Waals surface area contributed by atoms with E-state index in [-0.39, 0.29) is 0 Å². The summed E-state index contributed by atoms with van der Waals surface area (Å²) in [6, 6.07) is 15.4. The summed E-state index contributed by atoms with van der Waals surface area (Å²) < 4.78 is 0. The molecule has 1 N–H and O–H groups in total. The van der Waals surface area contributed by atoms with Gasteiger partial charge in [0.05, 0.1) is 5.52 Å². The van der Waals surface area contributed by atoms with Gasteiger partial charge in [-0.2, -0.15) is 0 Å². The number of pyridine rings is 1. The Morgan fingerprint density at radius 2 is 2.00 bits per heavy atom. The third-order valence-corrected chi connectivity index (χ3v) is 4.68. The van der Waals surface area contributed by atoms with Crippen molar-refractivity contribution in [2.75, 3.05) is 0 Å². The SMILES string of the molecule is Cc1ccc(CC(C)NCc2cccc3cccnc23)s1. The molecule has 0 aliphatic rings. The van der Waals surface area contributed by atoms with Gasteiger partial charge in [0.2, 0.25) is 0 Å². The molecule has 0 spiro atoms. The highest BCUT2D eigenvalue weighted by Crippen LogP contribution is 2.18. The summed E-state index contributed by atoms with van der Waals surface area (Å²) in [5.41, 5.74) is 2.37. The number of nitrogens with zero attached hydrogens (tertiary/aromatic N) is 1. The van der Waals surface area contributed by atoms with Gasteiger partial charge in [-0.25, -0.2) is 0 Å². The Morgan fingerprint density at radius 3 is 2.81 bits per heavy atom. The van der Waals surface area contributed by atoms with Crippen molar-refractivity contribution in [3.63, 3.8) is 0 Å². The summed E-state index contributed by atoms with van der Waals surface area (Å²) in [4.78, 5) is 7.34. The number of rotatable bonds is 5. The van der Waals surface area contributed by atoms with Gasteiger partial charge >= 0.3 is 0 Å². The van der Waals surface area contributed by atoms with Crippen molar-refractivity contribution in [3.05, 3.63) is 64.0 Å². The average molecular weight is 296 g/mol. The van der Waals surface area contributed by atoms with Crippen LogP contribution >= 0.6 is 11.3 Å². The van der Waals surface area contributed by atoms with Crippen molar-refractivity contribution >= 4 is 22.2 Å². The minimum Gasteiger partial charge on any atom is -0.310 e. The zero-order chi connectivity index (χ0) is 14.7. The summed E-state index contributed by atoms with van der Waals surface area (Å²) in [7, 11) is 0. The molecule has 1 atom stereocenters. The first-order chi connectivity index (χ1) is 10.2. The third-order valence-electron chi connectivity index (χ3n) is 3.66. The number of aryl methyl sites for hydroxylation is 1. The lowest BCUT2D eigenvalue weighted by atomic mass is 10.1.